The maximum atomic E-state index is 13.6. The lowest BCUT2D eigenvalue weighted by atomic mass is 10.0. The Bertz CT molecular complexity index is 1200. The zero-order chi connectivity index (χ0) is 25.8. The second kappa shape index (κ2) is 11.2. The molecule has 3 atom stereocenters. The van der Waals surface area contributed by atoms with Gasteiger partial charge in [-0.15, -0.1) is 0 Å². The average Bonchev–Trinajstić information content (AvgIpc) is 2.84. The fraction of sp³-hybridized carbons (Fsp3) is 0.462. The minimum atomic E-state index is -3.93. The largest absolute Gasteiger partial charge is 0.487 e. The van der Waals surface area contributed by atoms with E-state index in [1.807, 2.05) is 20.8 Å². The molecular weight excluding hydrogens is 466 g/mol. The molecule has 0 fully saturated rings. The number of hydrogen-bond donors (Lipinski definition) is 1. The lowest BCUT2D eigenvalue weighted by Crippen LogP contribution is -2.50. The van der Waals surface area contributed by atoms with Gasteiger partial charge in [0.15, 0.2) is 0 Å². The molecule has 1 N–H and O–H groups in total. The van der Waals surface area contributed by atoms with Crippen LogP contribution in [0.2, 0.25) is 0 Å². The van der Waals surface area contributed by atoms with Gasteiger partial charge in [0.1, 0.15) is 16.7 Å². The molecule has 1 aromatic heterocycles. The molecule has 3 rings (SSSR count). The van der Waals surface area contributed by atoms with Crippen molar-refractivity contribution in [2.24, 2.45) is 11.8 Å². The van der Waals surface area contributed by atoms with Crippen LogP contribution in [0.25, 0.3) is 0 Å². The van der Waals surface area contributed by atoms with Crippen LogP contribution in [-0.2, 0) is 10.0 Å². The first-order chi connectivity index (χ1) is 16.5. The zero-order valence-corrected chi connectivity index (χ0v) is 21.6. The summed E-state index contributed by atoms with van der Waals surface area (Å²) in [5, 5.41) is 9.78. The molecule has 1 amide bonds. The highest BCUT2D eigenvalue weighted by molar-refractivity contribution is 7.89. The number of pyridine rings is 1. The molecule has 35 heavy (non-hydrogen) atoms. The van der Waals surface area contributed by atoms with Crippen LogP contribution in [0.5, 0.6) is 5.75 Å². The second-order valence-electron chi connectivity index (χ2n) is 9.25. The standard InChI is InChI=1S/C26H33N3O5S/c1-18(2)6-7-21-8-9-25-23(14-21)34-24(16-28(5)26(31)22-10-12-27-13-11-22)19(3)15-29(20(4)17-30)35(25,32)33/h8-14,18-20,24,30H,15-17H2,1-5H3/t19-,20+,24-/m1/s1. The summed E-state index contributed by atoms with van der Waals surface area (Å²) in [6.45, 7) is 7.57. The van der Waals surface area contributed by atoms with Crippen molar-refractivity contribution in [1.29, 1.82) is 0 Å². The number of ether oxygens (including phenoxy) is 1. The van der Waals surface area contributed by atoms with E-state index >= 15 is 0 Å². The van der Waals surface area contributed by atoms with Gasteiger partial charge in [-0.1, -0.05) is 32.6 Å². The minimum Gasteiger partial charge on any atom is -0.487 e. The maximum Gasteiger partial charge on any atom is 0.253 e. The number of aliphatic hydroxyl groups is 1. The molecule has 188 valence electrons. The summed E-state index contributed by atoms with van der Waals surface area (Å²) in [6.07, 6.45) is 2.62. The predicted molar refractivity (Wildman–Crippen MR) is 133 cm³/mol. The van der Waals surface area contributed by atoms with Gasteiger partial charge in [-0.25, -0.2) is 8.42 Å². The molecule has 0 bridgehead atoms. The van der Waals surface area contributed by atoms with E-state index in [9.17, 15) is 18.3 Å². The number of carbonyl (C=O) groups excluding carboxylic acids is 1. The summed E-state index contributed by atoms with van der Waals surface area (Å²) < 4.78 is 34.7. The molecule has 1 aromatic carbocycles. The van der Waals surface area contributed by atoms with Gasteiger partial charge < -0.3 is 14.7 Å². The van der Waals surface area contributed by atoms with Crippen LogP contribution < -0.4 is 4.74 Å². The highest BCUT2D eigenvalue weighted by atomic mass is 32.2. The molecule has 0 radical (unpaired) electrons. The molecule has 2 aromatic rings. The predicted octanol–water partition coefficient (Wildman–Crippen LogP) is 2.63. The summed E-state index contributed by atoms with van der Waals surface area (Å²) in [7, 11) is -2.25. The van der Waals surface area contributed by atoms with Gasteiger partial charge >= 0.3 is 0 Å². The SMILES string of the molecule is CC(C)C#Cc1ccc2c(c1)O[C@H](CN(C)C(=O)c1ccncc1)[C@H](C)CN([C@@H](C)CO)S2(=O)=O. The Hall–Kier alpha value is -2.93. The Morgan fingerprint density at radius 1 is 1.26 bits per heavy atom. The van der Waals surface area contributed by atoms with Gasteiger partial charge in [-0.05, 0) is 37.3 Å². The molecule has 0 saturated carbocycles. The van der Waals surface area contributed by atoms with Crippen LogP contribution in [0.15, 0.2) is 47.6 Å². The van der Waals surface area contributed by atoms with Crippen molar-refractivity contribution in [3.05, 3.63) is 53.9 Å². The normalized spacial score (nSPS) is 20.4. The van der Waals surface area contributed by atoms with Crippen molar-refractivity contribution >= 4 is 15.9 Å². The number of carbonyl (C=O) groups is 1. The summed E-state index contributed by atoms with van der Waals surface area (Å²) in [5.41, 5.74) is 1.15. The lowest BCUT2D eigenvalue weighted by molar-refractivity contribution is 0.0563. The number of benzene rings is 1. The second-order valence-corrected chi connectivity index (χ2v) is 11.1. The fourth-order valence-corrected chi connectivity index (χ4v) is 5.64. The molecule has 1 aliphatic rings. The summed E-state index contributed by atoms with van der Waals surface area (Å²) in [6, 6.07) is 7.48. The Morgan fingerprint density at radius 2 is 1.94 bits per heavy atom. The Morgan fingerprint density at radius 3 is 2.57 bits per heavy atom. The lowest BCUT2D eigenvalue weighted by Gasteiger charge is -2.37. The van der Waals surface area contributed by atoms with E-state index < -0.39 is 22.2 Å². The molecule has 8 nitrogen and oxygen atoms in total. The van der Waals surface area contributed by atoms with Crippen LogP contribution in [-0.4, -0.2) is 72.5 Å². The molecule has 1 aliphatic heterocycles. The van der Waals surface area contributed by atoms with E-state index in [4.69, 9.17) is 4.74 Å². The van der Waals surface area contributed by atoms with Gasteiger partial charge in [0.05, 0.1) is 13.2 Å². The number of amides is 1. The fourth-order valence-electron chi connectivity index (χ4n) is 3.82. The first kappa shape index (κ1) is 26.7. The van der Waals surface area contributed by atoms with Crippen LogP contribution in [0, 0.1) is 23.7 Å². The van der Waals surface area contributed by atoms with Crippen molar-refractivity contribution in [2.45, 2.75) is 44.7 Å². The van der Waals surface area contributed by atoms with E-state index in [-0.39, 0.29) is 48.1 Å². The third-order valence-corrected chi connectivity index (χ3v) is 7.92. The van der Waals surface area contributed by atoms with Crippen LogP contribution >= 0.6 is 0 Å². The van der Waals surface area contributed by atoms with Gasteiger partial charge in [0.2, 0.25) is 10.0 Å². The van der Waals surface area contributed by atoms with Gasteiger partial charge in [0, 0.05) is 55.0 Å². The van der Waals surface area contributed by atoms with E-state index in [1.165, 1.54) is 10.4 Å². The molecule has 2 heterocycles. The van der Waals surface area contributed by atoms with Crippen molar-refractivity contribution in [1.82, 2.24) is 14.2 Å². The molecule has 0 unspecified atom stereocenters. The van der Waals surface area contributed by atoms with Crippen LogP contribution in [0.4, 0.5) is 0 Å². The third-order valence-electron chi connectivity index (χ3n) is 5.90. The first-order valence-electron chi connectivity index (χ1n) is 11.6. The molecule has 0 aliphatic carbocycles. The number of aliphatic hydroxyl groups excluding tert-OH is 1. The third kappa shape index (κ3) is 6.20. The molecular formula is C26H33N3O5S. The van der Waals surface area contributed by atoms with E-state index in [0.29, 0.717) is 11.1 Å². The van der Waals surface area contributed by atoms with Gasteiger partial charge in [-0.3, -0.25) is 9.78 Å². The highest BCUT2D eigenvalue weighted by Gasteiger charge is 2.38. The Balaban J connectivity index is 2.02. The highest BCUT2D eigenvalue weighted by Crippen LogP contribution is 2.34. The zero-order valence-electron chi connectivity index (χ0n) is 20.8. The number of aromatic nitrogens is 1. The monoisotopic (exact) mass is 499 g/mol. The van der Waals surface area contributed by atoms with Gasteiger partial charge in [0.25, 0.3) is 5.91 Å². The quantitative estimate of drug-likeness (QED) is 0.635. The number of likely N-dealkylation sites (N-methyl/N-ethyl adjacent to an activating group) is 1. The average molecular weight is 500 g/mol. The van der Waals surface area contributed by atoms with Crippen molar-refractivity contribution < 1.29 is 23.1 Å². The van der Waals surface area contributed by atoms with Crippen LogP contribution in [0.3, 0.4) is 0 Å². The Kier molecular flexibility index (Phi) is 8.54. The van der Waals surface area contributed by atoms with E-state index in [1.54, 1.807) is 55.5 Å². The van der Waals surface area contributed by atoms with E-state index in [2.05, 4.69) is 16.8 Å². The summed E-state index contributed by atoms with van der Waals surface area (Å²) >= 11 is 0. The van der Waals surface area contributed by atoms with Crippen molar-refractivity contribution in [3.8, 4) is 17.6 Å². The number of nitrogens with zero attached hydrogens (tertiary/aromatic N) is 3. The number of hydrogen-bond acceptors (Lipinski definition) is 6. The Labute approximate surface area is 208 Å². The summed E-state index contributed by atoms with van der Waals surface area (Å²) in [4.78, 5) is 18.5. The topological polar surface area (TPSA) is 100 Å². The van der Waals surface area contributed by atoms with E-state index in [0.717, 1.165) is 0 Å². The van der Waals surface area contributed by atoms with Crippen LogP contribution in [0.1, 0.15) is 43.6 Å². The maximum absolute atomic E-state index is 13.6. The number of fused-ring (bicyclic) bond motifs is 1. The minimum absolute atomic E-state index is 0.0212. The molecule has 9 heteroatoms. The number of rotatable bonds is 5. The van der Waals surface area contributed by atoms with Gasteiger partial charge in [-0.2, -0.15) is 4.31 Å². The number of sulfonamides is 1. The first-order valence-corrected chi connectivity index (χ1v) is 13.1. The molecule has 0 spiro atoms. The smallest absolute Gasteiger partial charge is 0.253 e. The molecule has 0 saturated heterocycles. The summed E-state index contributed by atoms with van der Waals surface area (Å²) in [5.74, 6) is 6.03. The van der Waals surface area contributed by atoms with Crippen molar-refractivity contribution in [2.75, 3.05) is 26.7 Å². The van der Waals surface area contributed by atoms with Crippen molar-refractivity contribution in [3.63, 3.8) is 0 Å².